The van der Waals surface area contributed by atoms with E-state index < -0.39 is 16.4 Å². The number of hydrogen-bond donors (Lipinski definition) is 0. The topological polar surface area (TPSA) is 9.23 Å². The second-order valence-electron chi connectivity index (χ2n) is 1.32. The Morgan fingerprint density at radius 1 is 2.00 bits per heavy atom. The highest BCUT2D eigenvalue weighted by atomic mass is 28.3. The number of allylic oxidation sites excluding steroid dienone is 1. The Hall–Kier alpha value is 0.0638. The summed E-state index contributed by atoms with van der Waals surface area (Å²) in [6.07, 6.45) is 0. The number of alkyl halides is 1. The van der Waals surface area contributed by atoms with Gasteiger partial charge >= 0.3 is 0 Å². The fraction of sp³-hybridized carbons (Fsp3) is 0.333. The van der Waals surface area contributed by atoms with E-state index in [1.54, 1.807) is 0 Å². The van der Waals surface area contributed by atoms with Gasteiger partial charge in [-0.3, -0.25) is 0 Å². The molecular weight excluding hydrogens is 127 g/mol. The minimum Gasteiger partial charge on any atom is -0.465 e. The first-order chi connectivity index (χ1) is 3.31. The van der Waals surface area contributed by atoms with Crippen molar-refractivity contribution >= 4 is 20.2 Å². The molecule has 0 aliphatic carbocycles. The second-order valence-corrected chi connectivity index (χ2v) is 4.91. The molecule has 0 bridgehead atoms. The third-order valence-corrected chi connectivity index (χ3v) is 2.29. The van der Waals surface area contributed by atoms with Crippen LogP contribution in [0.15, 0.2) is 11.8 Å². The molecule has 0 amide bonds. The molecule has 0 saturated carbocycles. The second kappa shape index (κ2) is 4.23. The Morgan fingerprint density at radius 2 is 2.57 bits per heavy atom. The molecular formula is C3H9FOSi2. The number of hydrogen-bond acceptors (Lipinski definition) is 1. The first kappa shape index (κ1) is 7.06. The van der Waals surface area contributed by atoms with Gasteiger partial charge in [0, 0.05) is 0 Å². The van der Waals surface area contributed by atoms with Crippen molar-refractivity contribution in [1.29, 1.82) is 0 Å². The van der Waals surface area contributed by atoms with Crippen molar-refractivity contribution in [2.45, 2.75) is 0 Å². The van der Waals surface area contributed by atoms with Crippen LogP contribution in [0.5, 0.6) is 0 Å². The van der Waals surface area contributed by atoms with E-state index >= 15 is 0 Å². The first-order valence-electron chi connectivity index (χ1n) is 2.02. The monoisotopic (exact) mass is 136 g/mol. The van der Waals surface area contributed by atoms with Crippen molar-refractivity contribution in [2.24, 2.45) is 0 Å². The van der Waals surface area contributed by atoms with Gasteiger partial charge in [0.25, 0.3) is 0 Å². The van der Waals surface area contributed by atoms with Crippen LogP contribution >= 0.6 is 0 Å². The van der Waals surface area contributed by atoms with Gasteiger partial charge in [0.15, 0.2) is 9.76 Å². The molecule has 0 N–H and O–H groups in total. The summed E-state index contributed by atoms with van der Waals surface area (Å²) in [5, 5.41) is 0.662. The van der Waals surface area contributed by atoms with Crippen molar-refractivity contribution < 1.29 is 8.51 Å². The van der Waals surface area contributed by atoms with Crippen molar-refractivity contribution in [2.75, 3.05) is 6.67 Å². The third-order valence-electron chi connectivity index (χ3n) is 0.537. The highest BCUT2D eigenvalue weighted by Gasteiger charge is 1.88. The van der Waals surface area contributed by atoms with Crippen molar-refractivity contribution in [3.05, 3.63) is 11.8 Å². The maximum absolute atomic E-state index is 11.4. The third kappa shape index (κ3) is 3.91. The summed E-state index contributed by atoms with van der Waals surface area (Å²) in [5.41, 5.74) is 0. The summed E-state index contributed by atoms with van der Waals surface area (Å²) in [4.78, 5) is 0. The van der Waals surface area contributed by atoms with Gasteiger partial charge in [-0.25, -0.2) is 4.39 Å². The molecule has 7 heavy (non-hydrogen) atoms. The normalized spacial score (nSPS) is 11.0. The van der Waals surface area contributed by atoms with Crippen molar-refractivity contribution in [3.8, 4) is 0 Å². The minimum atomic E-state index is -0.662. The minimum absolute atomic E-state index is 0.394. The predicted octanol–water partition coefficient (Wildman–Crippen LogP) is -1.15. The molecule has 0 aromatic heterocycles. The zero-order chi connectivity index (χ0) is 5.70. The van der Waals surface area contributed by atoms with Crippen molar-refractivity contribution in [3.63, 3.8) is 0 Å². The summed E-state index contributed by atoms with van der Waals surface area (Å²) in [5.74, 6) is 0. The molecule has 0 unspecified atom stereocenters. The maximum Gasteiger partial charge on any atom is 0.176 e. The molecule has 0 saturated heterocycles. The fourth-order valence-electron chi connectivity index (χ4n) is 0.243. The van der Waals surface area contributed by atoms with Crippen LogP contribution in [0.3, 0.4) is 0 Å². The van der Waals surface area contributed by atoms with Gasteiger partial charge in [0.05, 0.1) is 0 Å². The summed E-state index contributed by atoms with van der Waals surface area (Å²) < 4.78 is 16.3. The Labute approximate surface area is 48.1 Å². The number of halogens is 1. The van der Waals surface area contributed by atoms with Gasteiger partial charge < -0.3 is 4.12 Å². The standard InChI is InChI=1S/C3H9FOSi2/c1-3(2-4)7-5-6/h1-2,7H2,6H3. The van der Waals surface area contributed by atoms with Gasteiger partial charge in [-0.15, -0.1) is 0 Å². The largest absolute Gasteiger partial charge is 0.465 e. The summed E-state index contributed by atoms with van der Waals surface area (Å²) in [7, 11) is 0.0640. The smallest absolute Gasteiger partial charge is 0.176 e. The van der Waals surface area contributed by atoms with E-state index in [2.05, 4.69) is 6.58 Å². The average Bonchev–Trinajstić information content (AvgIpc) is 1.68. The summed E-state index contributed by atoms with van der Waals surface area (Å²) in [6, 6.07) is 0. The molecule has 0 radical (unpaired) electrons. The fourth-order valence-corrected chi connectivity index (χ4v) is 1.95. The van der Waals surface area contributed by atoms with Gasteiger partial charge in [0.2, 0.25) is 0 Å². The van der Waals surface area contributed by atoms with E-state index in [1.165, 1.54) is 0 Å². The molecule has 0 aromatic carbocycles. The van der Waals surface area contributed by atoms with Crippen LogP contribution < -0.4 is 0 Å². The van der Waals surface area contributed by atoms with E-state index in [4.69, 9.17) is 4.12 Å². The number of rotatable bonds is 3. The van der Waals surface area contributed by atoms with Gasteiger partial charge in [-0.05, 0) is 5.20 Å². The van der Waals surface area contributed by atoms with E-state index in [9.17, 15) is 4.39 Å². The first-order valence-corrected chi connectivity index (χ1v) is 4.13. The van der Waals surface area contributed by atoms with Crippen LogP contribution in [0.2, 0.25) is 0 Å². The zero-order valence-corrected chi connectivity index (χ0v) is 7.82. The molecule has 0 aliphatic heterocycles. The lowest BCUT2D eigenvalue weighted by Gasteiger charge is -1.93. The Kier molecular flexibility index (Phi) is 4.27. The van der Waals surface area contributed by atoms with Crippen LogP contribution in [-0.2, 0) is 4.12 Å². The van der Waals surface area contributed by atoms with Crippen LogP contribution in [0.1, 0.15) is 0 Å². The average molecular weight is 136 g/mol. The molecule has 1 nitrogen and oxygen atoms in total. The van der Waals surface area contributed by atoms with E-state index in [0.29, 0.717) is 5.20 Å². The van der Waals surface area contributed by atoms with Crippen molar-refractivity contribution in [1.82, 2.24) is 0 Å². The van der Waals surface area contributed by atoms with E-state index in [1.807, 2.05) is 0 Å². The highest BCUT2D eigenvalue weighted by Crippen LogP contribution is 1.85. The molecule has 42 valence electrons. The molecule has 4 heteroatoms. The quantitative estimate of drug-likeness (QED) is 0.445. The Bertz CT molecular complexity index is 66.0. The van der Waals surface area contributed by atoms with Crippen LogP contribution in [0.4, 0.5) is 4.39 Å². The predicted molar refractivity (Wildman–Crippen MR) is 34.7 cm³/mol. The molecule has 0 aromatic rings. The van der Waals surface area contributed by atoms with E-state index in [0.717, 1.165) is 10.5 Å². The lowest BCUT2D eigenvalue weighted by molar-refractivity contribution is 0.548. The zero-order valence-electron chi connectivity index (χ0n) is 4.41. The highest BCUT2D eigenvalue weighted by molar-refractivity contribution is 6.42. The SMILES string of the molecule is C=C(CF)[SiH2]O[SiH3]. The Morgan fingerprint density at radius 3 is 2.71 bits per heavy atom. The van der Waals surface area contributed by atoms with E-state index in [-0.39, 0.29) is 0 Å². The lowest BCUT2D eigenvalue weighted by Crippen LogP contribution is -1.99. The lowest BCUT2D eigenvalue weighted by atomic mass is 10.7. The van der Waals surface area contributed by atoms with Crippen LogP contribution in [-0.4, -0.2) is 26.9 Å². The molecule has 0 atom stereocenters. The molecule has 0 aliphatic rings. The maximum atomic E-state index is 11.4. The van der Waals surface area contributed by atoms with Crippen LogP contribution in [0.25, 0.3) is 0 Å². The molecule has 0 rings (SSSR count). The summed E-state index contributed by atoms with van der Waals surface area (Å²) in [6.45, 7) is 3.05. The van der Waals surface area contributed by atoms with Gasteiger partial charge in [0.1, 0.15) is 17.2 Å². The van der Waals surface area contributed by atoms with Gasteiger partial charge in [-0.1, -0.05) is 6.58 Å². The Balaban J connectivity index is 3.00. The molecule has 0 heterocycles. The van der Waals surface area contributed by atoms with Crippen LogP contribution in [0, 0.1) is 0 Å². The molecule has 0 fully saturated rings. The summed E-state index contributed by atoms with van der Waals surface area (Å²) >= 11 is 0. The van der Waals surface area contributed by atoms with Gasteiger partial charge in [-0.2, -0.15) is 0 Å². The molecule has 0 spiro atoms.